The molecule has 0 aromatic heterocycles. The second kappa shape index (κ2) is 11.8. The highest BCUT2D eigenvalue weighted by atomic mass is 16.5. The van der Waals surface area contributed by atoms with Gasteiger partial charge >= 0.3 is 0 Å². The molecule has 2 N–H and O–H groups in total. The average molecular weight is 483 g/mol. The number of piperazine rings is 1. The van der Waals surface area contributed by atoms with Gasteiger partial charge in [-0.05, 0) is 69.7 Å². The van der Waals surface area contributed by atoms with Crippen LogP contribution in [0, 0.1) is 0 Å². The summed E-state index contributed by atoms with van der Waals surface area (Å²) in [5.41, 5.74) is 2.92. The fourth-order valence-corrected chi connectivity index (χ4v) is 3.92. The van der Waals surface area contributed by atoms with Gasteiger partial charge in [0.05, 0.1) is 6.61 Å². The zero-order chi connectivity index (χ0) is 25.4. The van der Waals surface area contributed by atoms with Crippen LogP contribution in [0.25, 0.3) is 0 Å². The molecule has 1 fully saturated rings. The van der Waals surface area contributed by atoms with Gasteiger partial charge in [-0.1, -0.05) is 6.07 Å². The zero-order valence-electron chi connectivity index (χ0n) is 21.5. The van der Waals surface area contributed by atoms with Gasteiger partial charge in [-0.3, -0.25) is 9.59 Å². The third-order valence-corrected chi connectivity index (χ3v) is 5.64. The van der Waals surface area contributed by atoms with Gasteiger partial charge in [0.15, 0.2) is 18.1 Å². The van der Waals surface area contributed by atoms with E-state index in [4.69, 9.17) is 9.47 Å². The molecule has 1 heterocycles. The summed E-state index contributed by atoms with van der Waals surface area (Å²) in [6.45, 7) is 13.6. The molecule has 2 amide bonds. The quantitative estimate of drug-likeness (QED) is 0.568. The van der Waals surface area contributed by atoms with Gasteiger partial charge in [0, 0.05) is 56.6 Å². The van der Waals surface area contributed by atoms with E-state index in [1.54, 1.807) is 6.92 Å². The van der Waals surface area contributed by atoms with Crippen molar-refractivity contribution in [1.29, 1.82) is 0 Å². The molecule has 0 radical (unpaired) electrons. The van der Waals surface area contributed by atoms with Crippen LogP contribution in [0.2, 0.25) is 0 Å². The molecule has 2 aromatic carbocycles. The van der Waals surface area contributed by atoms with E-state index < -0.39 is 0 Å². The van der Waals surface area contributed by atoms with Gasteiger partial charge < -0.3 is 29.9 Å². The maximum Gasteiger partial charge on any atom is 0.258 e. The number of nitrogens with one attached hydrogen (secondary N) is 2. The number of benzene rings is 2. The fraction of sp³-hybridized carbons (Fsp3) is 0.481. The Balaban J connectivity index is 1.55. The monoisotopic (exact) mass is 482 g/mol. The lowest BCUT2D eigenvalue weighted by Crippen LogP contribution is -2.48. The van der Waals surface area contributed by atoms with Crippen LogP contribution in [-0.2, 0) is 16.1 Å². The zero-order valence-corrected chi connectivity index (χ0v) is 21.5. The minimum Gasteiger partial charge on any atom is -0.490 e. The normalized spacial score (nSPS) is 13.9. The molecular formula is C27H38N4O4. The number of ether oxygens (including phenoxy) is 2. The van der Waals surface area contributed by atoms with Crippen LogP contribution in [0.3, 0.4) is 0 Å². The van der Waals surface area contributed by atoms with Crippen molar-refractivity contribution in [1.82, 2.24) is 10.2 Å². The van der Waals surface area contributed by atoms with Crippen LogP contribution in [-0.4, -0.2) is 61.6 Å². The predicted octanol–water partition coefficient (Wildman–Crippen LogP) is 3.66. The van der Waals surface area contributed by atoms with E-state index in [2.05, 4.69) is 39.8 Å². The van der Waals surface area contributed by atoms with Crippen molar-refractivity contribution in [2.45, 2.75) is 46.7 Å². The molecule has 0 bridgehead atoms. The molecule has 0 unspecified atom stereocenters. The predicted molar refractivity (Wildman–Crippen MR) is 139 cm³/mol. The fourth-order valence-electron chi connectivity index (χ4n) is 3.92. The molecule has 1 aliphatic heterocycles. The smallest absolute Gasteiger partial charge is 0.258 e. The van der Waals surface area contributed by atoms with Crippen LogP contribution in [0.4, 0.5) is 11.4 Å². The molecule has 8 heteroatoms. The first-order chi connectivity index (χ1) is 16.6. The van der Waals surface area contributed by atoms with Crippen molar-refractivity contribution >= 4 is 23.2 Å². The molecule has 3 rings (SSSR count). The SMILES string of the molecule is CCOc1cc(CNc2ccc(N3CCN(C(C)=O)CC3)cc2)ccc1OCC(=O)NC(C)(C)C. The topological polar surface area (TPSA) is 83.1 Å². The van der Waals surface area contributed by atoms with E-state index in [1.807, 2.05) is 50.8 Å². The number of hydrogen-bond acceptors (Lipinski definition) is 6. The molecular weight excluding hydrogens is 444 g/mol. The highest BCUT2D eigenvalue weighted by Crippen LogP contribution is 2.29. The van der Waals surface area contributed by atoms with E-state index in [9.17, 15) is 9.59 Å². The number of carbonyl (C=O) groups is 2. The average Bonchev–Trinajstić information content (AvgIpc) is 2.81. The largest absolute Gasteiger partial charge is 0.490 e. The first-order valence-electron chi connectivity index (χ1n) is 12.2. The summed E-state index contributed by atoms with van der Waals surface area (Å²) in [5, 5.41) is 6.33. The highest BCUT2D eigenvalue weighted by Gasteiger charge is 2.19. The summed E-state index contributed by atoms with van der Waals surface area (Å²) in [7, 11) is 0. The van der Waals surface area contributed by atoms with Crippen LogP contribution in [0.15, 0.2) is 42.5 Å². The van der Waals surface area contributed by atoms with Crippen molar-refractivity contribution in [3.05, 3.63) is 48.0 Å². The standard InChI is InChI=1S/C27H38N4O4/c1-6-34-25-17-21(7-12-24(25)35-19-26(33)29-27(3,4)5)18-28-22-8-10-23(11-9-22)31-15-13-30(14-16-31)20(2)32/h7-12,17,28H,6,13-16,18-19H2,1-5H3,(H,29,33). The first-order valence-corrected chi connectivity index (χ1v) is 12.2. The number of carbonyl (C=O) groups excluding carboxylic acids is 2. The number of nitrogens with zero attached hydrogens (tertiary/aromatic N) is 2. The highest BCUT2D eigenvalue weighted by molar-refractivity contribution is 5.78. The van der Waals surface area contributed by atoms with Crippen LogP contribution in [0.1, 0.15) is 40.2 Å². The van der Waals surface area contributed by atoms with E-state index >= 15 is 0 Å². The molecule has 0 aliphatic carbocycles. The minimum absolute atomic E-state index is 0.0644. The van der Waals surface area contributed by atoms with E-state index in [-0.39, 0.29) is 24.0 Å². The Bertz CT molecular complexity index is 993. The van der Waals surface area contributed by atoms with Crippen LogP contribution in [0.5, 0.6) is 11.5 Å². The summed E-state index contributed by atoms with van der Waals surface area (Å²) in [4.78, 5) is 27.8. The first kappa shape index (κ1) is 26.2. The van der Waals surface area contributed by atoms with E-state index in [0.29, 0.717) is 24.7 Å². The second-order valence-corrected chi connectivity index (χ2v) is 9.69. The van der Waals surface area contributed by atoms with Crippen molar-refractivity contribution in [2.75, 3.05) is 49.6 Å². The lowest BCUT2D eigenvalue weighted by Gasteiger charge is -2.35. The molecule has 1 aliphatic rings. The van der Waals surface area contributed by atoms with Gasteiger partial charge in [0.2, 0.25) is 5.91 Å². The molecule has 0 atom stereocenters. The van der Waals surface area contributed by atoms with Crippen LogP contribution < -0.4 is 25.0 Å². The number of anilines is 2. The summed E-state index contributed by atoms with van der Waals surface area (Å²) in [6, 6.07) is 14.1. The van der Waals surface area contributed by atoms with E-state index in [1.165, 1.54) is 0 Å². The summed E-state index contributed by atoms with van der Waals surface area (Å²) < 4.78 is 11.5. The Hall–Kier alpha value is -3.42. The lowest BCUT2D eigenvalue weighted by molar-refractivity contribution is -0.129. The number of rotatable bonds is 9. The number of amides is 2. The summed E-state index contributed by atoms with van der Waals surface area (Å²) in [5.74, 6) is 1.14. The Kier molecular flexibility index (Phi) is 8.84. The van der Waals surface area contributed by atoms with Gasteiger partial charge in [0.25, 0.3) is 5.91 Å². The minimum atomic E-state index is -0.304. The van der Waals surface area contributed by atoms with Crippen molar-refractivity contribution in [3.63, 3.8) is 0 Å². The molecule has 1 saturated heterocycles. The Labute approximate surface area is 208 Å². The molecule has 35 heavy (non-hydrogen) atoms. The maximum absolute atomic E-state index is 12.1. The molecule has 8 nitrogen and oxygen atoms in total. The third-order valence-electron chi connectivity index (χ3n) is 5.64. The maximum atomic E-state index is 12.1. The Morgan fingerprint density at radius 3 is 2.23 bits per heavy atom. The molecule has 190 valence electrons. The van der Waals surface area contributed by atoms with Gasteiger partial charge in [0.1, 0.15) is 0 Å². The van der Waals surface area contributed by atoms with Gasteiger partial charge in [-0.15, -0.1) is 0 Å². The Morgan fingerprint density at radius 2 is 1.63 bits per heavy atom. The molecule has 2 aromatic rings. The Morgan fingerprint density at radius 1 is 0.943 bits per heavy atom. The van der Waals surface area contributed by atoms with Crippen LogP contribution >= 0.6 is 0 Å². The lowest BCUT2D eigenvalue weighted by atomic mass is 10.1. The van der Waals surface area contributed by atoms with Crippen molar-refractivity contribution in [3.8, 4) is 11.5 Å². The summed E-state index contributed by atoms with van der Waals surface area (Å²) >= 11 is 0. The van der Waals surface area contributed by atoms with Gasteiger partial charge in [-0.25, -0.2) is 0 Å². The van der Waals surface area contributed by atoms with E-state index in [0.717, 1.165) is 43.1 Å². The molecule has 0 spiro atoms. The third kappa shape index (κ3) is 8.09. The molecule has 0 saturated carbocycles. The second-order valence-electron chi connectivity index (χ2n) is 9.69. The van der Waals surface area contributed by atoms with Crippen molar-refractivity contribution < 1.29 is 19.1 Å². The van der Waals surface area contributed by atoms with Gasteiger partial charge in [-0.2, -0.15) is 0 Å². The summed E-state index contributed by atoms with van der Waals surface area (Å²) in [6.07, 6.45) is 0. The van der Waals surface area contributed by atoms with Crippen molar-refractivity contribution in [2.24, 2.45) is 0 Å². The number of hydrogen-bond donors (Lipinski definition) is 2.